The number of aromatic nitrogens is 3. The van der Waals surface area contributed by atoms with Gasteiger partial charge in [-0.25, -0.2) is 4.98 Å². The molecule has 1 fully saturated rings. The predicted molar refractivity (Wildman–Crippen MR) is 117 cm³/mol. The number of nitrogens with one attached hydrogen (secondary N) is 1. The van der Waals surface area contributed by atoms with E-state index in [2.05, 4.69) is 15.4 Å². The molecule has 0 radical (unpaired) electrons. The molecular formula is C22H23F3N4O3S. The fourth-order valence-electron chi connectivity index (χ4n) is 4.09. The fourth-order valence-corrected chi connectivity index (χ4v) is 4.79. The van der Waals surface area contributed by atoms with E-state index >= 15 is 0 Å². The van der Waals surface area contributed by atoms with Gasteiger partial charge in [0.15, 0.2) is 0 Å². The molecule has 3 aromatic rings. The lowest BCUT2D eigenvalue weighted by atomic mass is 9.87. The summed E-state index contributed by atoms with van der Waals surface area (Å²) in [6.45, 7) is 0.184. The molecule has 11 heteroatoms. The summed E-state index contributed by atoms with van der Waals surface area (Å²) in [5, 5.41) is 17.2. The zero-order valence-electron chi connectivity index (χ0n) is 17.8. The van der Waals surface area contributed by atoms with Gasteiger partial charge in [-0.05, 0) is 55.9 Å². The van der Waals surface area contributed by atoms with E-state index in [0.29, 0.717) is 21.7 Å². The summed E-state index contributed by atoms with van der Waals surface area (Å²) in [5.41, 5.74) is -0.716. The summed E-state index contributed by atoms with van der Waals surface area (Å²) in [5.74, 6) is -0.520. The summed E-state index contributed by atoms with van der Waals surface area (Å²) in [7, 11) is -1.48. The molecule has 1 aromatic carbocycles. The number of carbonyl (C=O) groups excluding carboxylic acids is 1. The number of fused-ring (bicyclic) bond motifs is 1. The predicted octanol–water partition coefficient (Wildman–Crippen LogP) is 4.16. The molecule has 2 aromatic heterocycles. The third kappa shape index (κ3) is 5.09. The number of hydrogen-bond donors (Lipinski definition) is 2. The molecular weight excluding hydrogens is 457 g/mol. The van der Waals surface area contributed by atoms with Gasteiger partial charge >= 0.3 is 6.18 Å². The molecule has 1 aliphatic rings. The Balaban J connectivity index is 1.62. The van der Waals surface area contributed by atoms with Gasteiger partial charge in [-0.15, -0.1) is 0 Å². The zero-order valence-corrected chi connectivity index (χ0v) is 18.6. The van der Waals surface area contributed by atoms with Gasteiger partial charge in [-0.1, -0.05) is 6.07 Å². The Kier molecular flexibility index (Phi) is 6.53. The van der Waals surface area contributed by atoms with Crippen molar-refractivity contribution in [3.05, 3.63) is 47.9 Å². The number of pyridine rings is 1. The van der Waals surface area contributed by atoms with Crippen molar-refractivity contribution >= 4 is 33.3 Å². The Bertz CT molecular complexity index is 1200. The van der Waals surface area contributed by atoms with Gasteiger partial charge in [0.1, 0.15) is 11.4 Å². The van der Waals surface area contributed by atoms with Crippen LogP contribution >= 0.6 is 0 Å². The van der Waals surface area contributed by atoms with Crippen LogP contribution in [0.4, 0.5) is 18.9 Å². The van der Waals surface area contributed by atoms with E-state index in [4.69, 9.17) is 0 Å². The van der Waals surface area contributed by atoms with Crippen molar-refractivity contribution < 1.29 is 27.3 Å². The largest absolute Gasteiger partial charge is 0.433 e. The molecule has 0 spiro atoms. The van der Waals surface area contributed by atoms with Crippen LogP contribution in [0, 0.1) is 5.92 Å². The maximum atomic E-state index is 12.9. The van der Waals surface area contributed by atoms with Gasteiger partial charge in [0.25, 0.3) is 5.91 Å². The molecule has 1 aliphatic carbocycles. The molecule has 0 saturated heterocycles. The number of amides is 1. The SMILES string of the molecule is CS(=O)c1cc2nn(C3CCC(CO)CC3)cc2cc1NC(=O)c1cccc(C(F)(F)F)n1. The van der Waals surface area contributed by atoms with Gasteiger partial charge in [-0.2, -0.15) is 18.3 Å². The van der Waals surface area contributed by atoms with Crippen molar-refractivity contribution in [2.75, 3.05) is 18.2 Å². The summed E-state index contributed by atoms with van der Waals surface area (Å²) in [6, 6.07) is 6.52. The highest BCUT2D eigenvalue weighted by molar-refractivity contribution is 7.84. The Morgan fingerprint density at radius 2 is 1.97 bits per heavy atom. The van der Waals surface area contributed by atoms with Crippen LogP contribution in [-0.2, 0) is 17.0 Å². The number of hydrogen-bond acceptors (Lipinski definition) is 5. The Labute approximate surface area is 190 Å². The normalized spacial score (nSPS) is 20.0. The van der Waals surface area contributed by atoms with Crippen LogP contribution in [0.25, 0.3) is 10.9 Å². The second-order valence-electron chi connectivity index (χ2n) is 8.19. The molecule has 0 aliphatic heterocycles. The fraction of sp³-hybridized carbons (Fsp3) is 0.409. The number of nitrogens with zero attached hydrogens (tertiary/aromatic N) is 3. The lowest BCUT2D eigenvalue weighted by Gasteiger charge is -2.27. The van der Waals surface area contributed by atoms with Crippen LogP contribution in [0.5, 0.6) is 0 Å². The molecule has 2 N–H and O–H groups in total. The third-order valence-electron chi connectivity index (χ3n) is 5.90. The van der Waals surface area contributed by atoms with E-state index in [9.17, 15) is 27.3 Å². The Morgan fingerprint density at radius 3 is 2.61 bits per heavy atom. The van der Waals surface area contributed by atoms with Crippen molar-refractivity contribution in [2.45, 2.75) is 42.8 Å². The number of aliphatic hydroxyl groups excluding tert-OH is 1. The minimum absolute atomic E-state index is 0.183. The van der Waals surface area contributed by atoms with E-state index in [0.717, 1.165) is 37.8 Å². The molecule has 1 unspecified atom stereocenters. The first-order chi connectivity index (χ1) is 15.7. The van der Waals surface area contributed by atoms with E-state index < -0.39 is 34.3 Å². The maximum absolute atomic E-state index is 12.9. The highest BCUT2D eigenvalue weighted by Crippen LogP contribution is 2.34. The molecule has 0 bridgehead atoms. The number of aliphatic hydroxyl groups is 1. The number of anilines is 1. The smallest absolute Gasteiger partial charge is 0.396 e. The highest BCUT2D eigenvalue weighted by Gasteiger charge is 2.33. The van der Waals surface area contributed by atoms with Crippen molar-refractivity contribution in [3.63, 3.8) is 0 Å². The number of halogens is 3. The molecule has 176 valence electrons. The van der Waals surface area contributed by atoms with Gasteiger partial charge in [-0.3, -0.25) is 13.7 Å². The first kappa shape index (κ1) is 23.4. The quantitative estimate of drug-likeness (QED) is 0.572. The Hall–Kier alpha value is -2.79. The first-order valence-electron chi connectivity index (χ1n) is 10.5. The van der Waals surface area contributed by atoms with Crippen LogP contribution < -0.4 is 5.32 Å². The first-order valence-corrected chi connectivity index (χ1v) is 12.0. The van der Waals surface area contributed by atoms with E-state index in [1.165, 1.54) is 12.3 Å². The van der Waals surface area contributed by atoms with E-state index in [-0.39, 0.29) is 18.3 Å². The lowest BCUT2D eigenvalue weighted by molar-refractivity contribution is -0.141. The van der Waals surface area contributed by atoms with Gasteiger partial charge in [0, 0.05) is 24.4 Å². The van der Waals surface area contributed by atoms with Gasteiger partial charge in [0.05, 0.1) is 32.9 Å². The summed E-state index contributed by atoms with van der Waals surface area (Å²) >= 11 is 0. The monoisotopic (exact) mass is 480 g/mol. The Morgan fingerprint density at radius 1 is 1.24 bits per heavy atom. The topological polar surface area (TPSA) is 97.1 Å². The highest BCUT2D eigenvalue weighted by atomic mass is 32.2. The lowest BCUT2D eigenvalue weighted by Crippen LogP contribution is -2.20. The van der Waals surface area contributed by atoms with Crippen LogP contribution in [0.3, 0.4) is 0 Å². The number of carbonyl (C=O) groups is 1. The average molecular weight is 481 g/mol. The third-order valence-corrected chi connectivity index (χ3v) is 6.86. The molecule has 33 heavy (non-hydrogen) atoms. The summed E-state index contributed by atoms with van der Waals surface area (Å²) < 4.78 is 53.0. The minimum Gasteiger partial charge on any atom is -0.396 e. The molecule has 1 amide bonds. The summed E-state index contributed by atoms with van der Waals surface area (Å²) in [4.78, 5) is 16.4. The second kappa shape index (κ2) is 9.22. The van der Waals surface area contributed by atoms with Gasteiger partial charge in [0.2, 0.25) is 0 Å². The standard InChI is InChI=1S/C22H23F3N4O3S/c1-33(32)19-10-17-14(11-29(28-17)15-7-5-13(12-30)6-8-15)9-18(19)27-21(31)16-3-2-4-20(26-16)22(23,24)25/h2-4,9-11,13,15,30H,5-8,12H2,1H3,(H,27,31). The molecule has 1 saturated carbocycles. The molecule has 7 nitrogen and oxygen atoms in total. The number of benzene rings is 1. The van der Waals surface area contributed by atoms with Crippen molar-refractivity contribution in [3.8, 4) is 0 Å². The molecule has 4 rings (SSSR count). The molecule has 2 heterocycles. The number of alkyl halides is 3. The van der Waals surface area contributed by atoms with Crippen molar-refractivity contribution in [2.24, 2.45) is 5.92 Å². The zero-order chi connectivity index (χ0) is 23.8. The average Bonchev–Trinajstić information content (AvgIpc) is 3.21. The van der Waals surface area contributed by atoms with Crippen LogP contribution in [0.2, 0.25) is 0 Å². The van der Waals surface area contributed by atoms with Crippen molar-refractivity contribution in [1.82, 2.24) is 14.8 Å². The second-order valence-corrected chi connectivity index (χ2v) is 9.54. The minimum atomic E-state index is -4.67. The van der Waals surface area contributed by atoms with Crippen molar-refractivity contribution in [1.29, 1.82) is 0 Å². The van der Waals surface area contributed by atoms with Gasteiger partial charge < -0.3 is 10.4 Å². The molecule has 1 atom stereocenters. The van der Waals surface area contributed by atoms with Crippen LogP contribution in [-0.4, -0.2) is 42.8 Å². The van der Waals surface area contributed by atoms with E-state index in [1.54, 1.807) is 12.1 Å². The maximum Gasteiger partial charge on any atom is 0.433 e. The van der Waals surface area contributed by atoms with E-state index in [1.807, 2.05) is 10.9 Å². The number of rotatable bonds is 5. The van der Waals surface area contributed by atoms with Crippen LogP contribution in [0.1, 0.15) is 47.9 Å². The summed E-state index contributed by atoms with van der Waals surface area (Å²) in [6.07, 6.45) is 2.22. The van der Waals surface area contributed by atoms with Crippen LogP contribution in [0.15, 0.2) is 41.4 Å².